The summed E-state index contributed by atoms with van der Waals surface area (Å²) in [6.07, 6.45) is 18.8. The zero-order chi connectivity index (χ0) is 99.5. The van der Waals surface area contributed by atoms with E-state index < -0.39 is 82.7 Å². The Hall–Kier alpha value is -16.8. The van der Waals surface area contributed by atoms with Crippen LogP contribution in [0.2, 0.25) is 0 Å². The molecule has 0 saturated heterocycles. The predicted octanol–water partition coefficient (Wildman–Crippen LogP) is 4.25. The Labute approximate surface area is 787 Å². The van der Waals surface area contributed by atoms with Gasteiger partial charge < -0.3 is 150 Å². The first-order valence-corrected chi connectivity index (χ1v) is 43.5. The number of imidazole rings is 1. The molecule has 0 bridgehead atoms. The molecule has 726 valence electrons. The summed E-state index contributed by atoms with van der Waals surface area (Å²) >= 11 is 0. The van der Waals surface area contributed by atoms with Gasteiger partial charge in [-0.25, -0.2) is 9.98 Å². The average molecular weight is 1890 g/mol. The molecule has 11 heterocycles. The molecule has 0 aliphatic carbocycles. The second-order valence-electron chi connectivity index (χ2n) is 33.3. The molecule has 0 aliphatic rings. The highest BCUT2D eigenvalue weighted by Gasteiger charge is 2.27. The van der Waals surface area contributed by atoms with E-state index in [0.29, 0.717) is 58.9 Å². The summed E-state index contributed by atoms with van der Waals surface area (Å²) in [6, 6.07) is 14.9. The second kappa shape index (κ2) is 45.1. The number of guanidine groups is 1. The lowest BCUT2D eigenvalue weighted by molar-refractivity contribution is -0.121. The van der Waals surface area contributed by atoms with Gasteiger partial charge in [0.15, 0.2) is 5.82 Å². The minimum absolute atomic E-state index is 0.0254. The maximum Gasteiger partial charge on any atom is 0.287 e. The Morgan fingerprint density at radius 1 is 0.277 bits per heavy atom. The Bertz CT molecular complexity index is 6440. The number of hydrogen-bond donors (Lipinski definition) is 16. The van der Waals surface area contributed by atoms with Crippen molar-refractivity contribution < 1.29 is 71.9 Å². The maximum atomic E-state index is 13.6. The van der Waals surface area contributed by atoms with Crippen molar-refractivity contribution in [2.24, 2.45) is 88.3 Å². The number of hydrogen-bond acceptors (Lipinski definition) is 19. The molecule has 0 fully saturated rings. The van der Waals surface area contributed by atoms with Gasteiger partial charge in [0.05, 0.1) is 56.9 Å². The van der Waals surface area contributed by atoms with Gasteiger partial charge in [-0.3, -0.25) is 71.9 Å². The van der Waals surface area contributed by atoms with Crippen molar-refractivity contribution in [2.45, 2.75) is 44.9 Å². The normalized spacial score (nSPS) is 11.0. The first-order valence-electron chi connectivity index (χ1n) is 43.5. The lowest BCUT2D eigenvalue weighted by Crippen LogP contribution is -2.35. The molecule has 0 aromatic carbocycles. The van der Waals surface area contributed by atoms with Crippen LogP contribution in [-0.2, 0) is 96.7 Å². The van der Waals surface area contributed by atoms with Crippen molar-refractivity contribution in [2.75, 3.05) is 141 Å². The van der Waals surface area contributed by atoms with E-state index in [1.807, 2.05) is 45.0 Å². The molecule has 15 amide bonds. The monoisotopic (exact) mass is 1880 g/mol. The maximum absolute atomic E-state index is 13.6. The molecule has 11 rings (SSSR count). The molecule has 0 unspecified atom stereocenters. The highest BCUT2D eigenvalue weighted by molar-refractivity contribution is 6.12. The quantitative estimate of drug-likeness (QED) is 0.0144. The number of carbonyl (C=O) groups excluding carboxylic acids is 15. The van der Waals surface area contributed by atoms with Crippen molar-refractivity contribution in [1.82, 2.24) is 96.5 Å². The Balaban J connectivity index is 0.550. The van der Waals surface area contributed by atoms with Gasteiger partial charge in [0, 0.05) is 232 Å². The lowest BCUT2D eigenvalue weighted by Gasteiger charge is -2.22. The molecule has 0 spiro atoms. The summed E-state index contributed by atoms with van der Waals surface area (Å²) in [6.45, 7) is 2.89. The van der Waals surface area contributed by atoms with E-state index in [4.69, 9.17) is 5.73 Å². The Kier molecular flexibility index (Phi) is 33.2. The Morgan fingerprint density at radius 2 is 0.540 bits per heavy atom. The summed E-state index contributed by atoms with van der Waals surface area (Å²) in [5, 5.41) is 41.3. The van der Waals surface area contributed by atoms with Crippen LogP contribution in [0, 0.1) is 0 Å². The fourth-order valence-corrected chi connectivity index (χ4v) is 14.8. The van der Waals surface area contributed by atoms with E-state index in [1.54, 1.807) is 134 Å². The van der Waals surface area contributed by atoms with Crippen molar-refractivity contribution in [3.8, 4) is 0 Å². The zero-order valence-electron chi connectivity index (χ0n) is 79.1. The summed E-state index contributed by atoms with van der Waals surface area (Å²) in [5.74, 6) is -6.65. The van der Waals surface area contributed by atoms with Crippen molar-refractivity contribution in [3.63, 3.8) is 0 Å². The van der Waals surface area contributed by atoms with Crippen LogP contribution in [0.25, 0.3) is 0 Å². The SMILES string of the molecule is CN(CCCN)CCCNC(=O)CCNC(=O)c1cc(NC(=O)c2cc(NC(=O)c3cc(NC(=O)c4cc(NC(=O)CCNC(=O)c5cc(NC(=O)c6cc(NC(=O)CCCNC(=O)c7nc(NC(=O)c8cc(NC(=O)c9cc(NC(=O)CCNC(=O)c%10cc(NC(=O)c%11cc(N=C(N(C)C)N(C)C)cn%11C)cn%10C)cn9C)cn8C)cn7C)cn6C)cn5C)cn4C)cn3C)cn2C)cn1C. The smallest absolute Gasteiger partial charge is 0.287 e. The van der Waals surface area contributed by atoms with E-state index in [9.17, 15) is 71.9 Å². The topological polar surface area (TPSA) is 552 Å². The van der Waals surface area contributed by atoms with Crippen LogP contribution in [0.1, 0.15) is 160 Å². The molecule has 47 nitrogen and oxygen atoms in total. The van der Waals surface area contributed by atoms with Crippen molar-refractivity contribution >= 4 is 157 Å². The van der Waals surface area contributed by atoms with Crippen LogP contribution in [0.3, 0.4) is 0 Å². The molecule has 0 radical (unpaired) electrons. The van der Waals surface area contributed by atoms with E-state index in [2.05, 4.69) is 94.6 Å². The average Bonchev–Trinajstić information content (AvgIpc) is 1.68. The van der Waals surface area contributed by atoms with E-state index in [0.717, 1.165) is 25.9 Å². The molecular weight excluding hydrogens is 1770 g/mol. The van der Waals surface area contributed by atoms with Crippen LogP contribution in [0.15, 0.2) is 134 Å². The van der Waals surface area contributed by atoms with Gasteiger partial charge in [-0.2, -0.15) is 0 Å². The van der Waals surface area contributed by atoms with Gasteiger partial charge in [-0.15, -0.1) is 0 Å². The lowest BCUT2D eigenvalue weighted by atomic mass is 10.3. The molecule has 0 saturated carbocycles. The van der Waals surface area contributed by atoms with E-state index in [1.165, 1.54) is 122 Å². The number of nitrogens with one attached hydrogen (secondary N) is 15. The molecule has 17 N–H and O–H groups in total. The van der Waals surface area contributed by atoms with Crippen LogP contribution < -0.4 is 85.5 Å². The first-order chi connectivity index (χ1) is 65.0. The minimum Gasteiger partial charge on any atom is -0.356 e. The van der Waals surface area contributed by atoms with Crippen LogP contribution in [0.4, 0.5) is 62.7 Å². The van der Waals surface area contributed by atoms with Crippen LogP contribution in [-0.4, -0.2) is 252 Å². The number of aromatic nitrogens is 12. The van der Waals surface area contributed by atoms with Crippen molar-refractivity contribution in [3.05, 3.63) is 192 Å². The summed E-state index contributed by atoms with van der Waals surface area (Å²) in [4.78, 5) is 214. The van der Waals surface area contributed by atoms with Crippen LogP contribution >= 0.6 is 0 Å². The number of carbonyl (C=O) groups is 15. The van der Waals surface area contributed by atoms with Gasteiger partial charge in [-0.1, -0.05) is 0 Å². The number of nitrogens with zero attached hydrogens (tertiary/aromatic N) is 16. The largest absolute Gasteiger partial charge is 0.356 e. The number of anilines is 10. The molecule has 0 atom stereocenters. The van der Waals surface area contributed by atoms with Gasteiger partial charge in [-0.05, 0) is 107 Å². The van der Waals surface area contributed by atoms with Gasteiger partial charge in [0.2, 0.25) is 35.4 Å². The van der Waals surface area contributed by atoms with Gasteiger partial charge in [0.25, 0.3) is 65.0 Å². The fraction of sp³-hybridized carbons (Fsp3) is 0.344. The molecule has 11 aromatic heterocycles. The predicted molar refractivity (Wildman–Crippen MR) is 515 cm³/mol. The van der Waals surface area contributed by atoms with Crippen molar-refractivity contribution in [1.29, 1.82) is 0 Å². The third-order valence-corrected chi connectivity index (χ3v) is 21.7. The van der Waals surface area contributed by atoms with Gasteiger partial charge >= 0.3 is 0 Å². The number of aryl methyl sites for hydroxylation is 11. The van der Waals surface area contributed by atoms with Crippen LogP contribution in [0.5, 0.6) is 0 Å². The Morgan fingerprint density at radius 3 is 0.861 bits per heavy atom. The number of amides is 15. The van der Waals surface area contributed by atoms with E-state index in [-0.39, 0.29) is 150 Å². The fourth-order valence-electron chi connectivity index (χ4n) is 14.8. The van der Waals surface area contributed by atoms with E-state index >= 15 is 0 Å². The number of rotatable bonds is 42. The number of aliphatic imine (C=N–C) groups is 1. The molecule has 11 aromatic rings. The third-order valence-electron chi connectivity index (χ3n) is 21.7. The molecule has 0 aliphatic heterocycles. The molecular formula is C90H116N32O15. The highest BCUT2D eigenvalue weighted by atomic mass is 16.2. The number of nitrogens with two attached hydrogens (primary N) is 1. The molecule has 137 heavy (non-hydrogen) atoms. The summed E-state index contributed by atoms with van der Waals surface area (Å²) in [5.41, 5.74) is 10.9. The summed E-state index contributed by atoms with van der Waals surface area (Å²) in [7, 11) is 27.3. The third kappa shape index (κ3) is 26.8. The summed E-state index contributed by atoms with van der Waals surface area (Å²) < 4.78 is 16.7. The van der Waals surface area contributed by atoms with Gasteiger partial charge in [0.1, 0.15) is 56.9 Å². The minimum atomic E-state index is -0.613. The molecule has 47 heteroatoms. The zero-order valence-corrected chi connectivity index (χ0v) is 79.1. The standard InChI is InChI=1S/C90H116N32O15/c1-109(2)90(110(3)4)106-62-41-71(121(15)51-62)87(135)102-58-37-65(114(8)47-58)81(129)96-29-23-77(126)99-55-34-68(117(11)44-55)84(132)105-61-40-72(120(14)50-61)88(136)108-73-52-122(16)78(107-73)89(137)93-25-17-20-75(124)97-53-32-66(115(9)42-53)82(130)100-56-36-64(113(7)45-56)80(128)95-28-22-76(125)98-54-33-67(116(10)43-54)83(131)103-59-38-70(119(13)48-59)86(134)104-60-39-69(118(12)49-60)85(133)101-57-35-63(112(6)46-57)79(127)94-27-21-74(123)92-26-19-31-111(5)30-18-24-91/h32-52H,17-31,91H2,1-16H3,(H,92,123)(H,93,137)(H,94,127)(H,95,128)(H,96,129)(H,97,124)(H,98,125)(H,99,126)(H,100,130)(H,101,133)(H,102,135)(H,103,131)(H,104,134)(H,105,132)(H,108,136). The second-order valence-corrected chi connectivity index (χ2v) is 33.3. The first kappa shape index (κ1) is 101. The highest BCUT2D eigenvalue weighted by Crippen LogP contribution is 2.27.